The molecule has 122 valence electrons. The van der Waals surface area contributed by atoms with Crippen molar-refractivity contribution in [2.75, 3.05) is 18.2 Å². The third kappa shape index (κ3) is 5.19. The van der Waals surface area contributed by atoms with Gasteiger partial charge in [-0.1, -0.05) is 35.1 Å². The summed E-state index contributed by atoms with van der Waals surface area (Å²) in [7, 11) is 1.31. The minimum atomic E-state index is -0.406. The molecule has 0 saturated heterocycles. The molecule has 2 rings (SSSR count). The van der Waals surface area contributed by atoms with Crippen LogP contribution in [0.5, 0.6) is 0 Å². The van der Waals surface area contributed by atoms with Crippen molar-refractivity contribution in [3.8, 4) is 10.6 Å². The molecule has 0 radical (unpaired) electrons. The molecule has 0 unspecified atom stereocenters. The van der Waals surface area contributed by atoms with Crippen molar-refractivity contribution < 1.29 is 14.3 Å². The topological polar surface area (TPSA) is 81.2 Å². The number of amides is 1. The predicted molar refractivity (Wildman–Crippen MR) is 92.9 cm³/mol. The van der Waals surface area contributed by atoms with Gasteiger partial charge in [-0.2, -0.15) is 0 Å². The average Bonchev–Trinajstić information content (AvgIpc) is 3.01. The fraction of sp³-hybridized carbons (Fsp3) is 0.286. The third-order valence-corrected chi connectivity index (χ3v) is 5.05. The minimum absolute atomic E-state index is 0.122. The second-order valence-electron chi connectivity index (χ2n) is 4.44. The van der Waals surface area contributed by atoms with Crippen LogP contribution >= 0.6 is 34.7 Å². The molecule has 0 spiro atoms. The van der Waals surface area contributed by atoms with Crippen molar-refractivity contribution in [2.24, 2.45) is 0 Å². The quantitative estimate of drug-likeness (QED) is 0.786. The van der Waals surface area contributed by atoms with Crippen LogP contribution in [-0.2, 0) is 14.3 Å². The molecular weight excluding hydrogens is 358 g/mol. The Bertz CT molecular complexity index is 691. The molecule has 1 N–H and O–H groups in total. The van der Waals surface area contributed by atoms with Gasteiger partial charge in [-0.25, -0.2) is 0 Å². The first-order valence-electron chi connectivity index (χ1n) is 6.58. The lowest BCUT2D eigenvalue weighted by Crippen LogP contribution is -2.23. The number of esters is 1. The van der Waals surface area contributed by atoms with Gasteiger partial charge in [0.1, 0.15) is 5.01 Å². The molecule has 1 amide bonds. The van der Waals surface area contributed by atoms with E-state index in [0.717, 1.165) is 5.56 Å². The Morgan fingerprint density at radius 2 is 2.04 bits per heavy atom. The zero-order chi connectivity index (χ0) is 16.8. The molecule has 9 heteroatoms. The molecule has 0 aliphatic rings. The number of nitrogens with one attached hydrogen (secondary N) is 1. The Kier molecular flexibility index (Phi) is 6.37. The maximum atomic E-state index is 12.0. The Morgan fingerprint density at radius 3 is 2.70 bits per heavy atom. The summed E-state index contributed by atoms with van der Waals surface area (Å²) in [6.07, 6.45) is 0. The van der Waals surface area contributed by atoms with E-state index in [1.54, 1.807) is 19.1 Å². The first-order chi connectivity index (χ1) is 11.0. The minimum Gasteiger partial charge on any atom is -0.468 e. The van der Waals surface area contributed by atoms with Crippen molar-refractivity contribution in [2.45, 2.75) is 12.2 Å². The van der Waals surface area contributed by atoms with Gasteiger partial charge in [0, 0.05) is 10.6 Å². The van der Waals surface area contributed by atoms with E-state index in [1.165, 1.54) is 30.2 Å². The Labute approximate surface area is 146 Å². The highest BCUT2D eigenvalue weighted by atomic mass is 35.5. The van der Waals surface area contributed by atoms with Crippen LogP contribution in [0.1, 0.15) is 6.92 Å². The van der Waals surface area contributed by atoms with Crippen LogP contribution in [-0.4, -0.2) is 40.2 Å². The average molecular weight is 372 g/mol. The van der Waals surface area contributed by atoms with E-state index in [2.05, 4.69) is 20.3 Å². The Balaban J connectivity index is 1.94. The van der Waals surface area contributed by atoms with E-state index < -0.39 is 5.25 Å². The van der Waals surface area contributed by atoms with Crippen LogP contribution in [0.4, 0.5) is 5.13 Å². The normalized spacial score (nSPS) is 11.8. The summed E-state index contributed by atoms with van der Waals surface area (Å²) >= 11 is 8.31. The summed E-state index contributed by atoms with van der Waals surface area (Å²) in [4.78, 5) is 23.1. The smallest absolute Gasteiger partial charge is 0.315 e. The van der Waals surface area contributed by atoms with E-state index in [4.69, 9.17) is 11.6 Å². The molecule has 1 aromatic heterocycles. The zero-order valence-electron chi connectivity index (χ0n) is 12.4. The van der Waals surface area contributed by atoms with Crippen molar-refractivity contribution in [1.82, 2.24) is 10.2 Å². The molecule has 1 atom stereocenters. The summed E-state index contributed by atoms with van der Waals surface area (Å²) in [5.41, 5.74) is 0.875. The van der Waals surface area contributed by atoms with Crippen LogP contribution in [0.2, 0.25) is 5.02 Å². The number of ether oxygens (including phenoxy) is 1. The van der Waals surface area contributed by atoms with Crippen molar-refractivity contribution >= 4 is 51.7 Å². The number of aromatic nitrogens is 2. The predicted octanol–water partition coefficient (Wildman–Crippen LogP) is 3.09. The number of thioether (sulfide) groups is 1. The van der Waals surface area contributed by atoms with Gasteiger partial charge in [-0.05, 0) is 19.1 Å². The van der Waals surface area contributed by atoms with Gasteiger partial charge in [0.15, 0.2) is 0 Å². The molecule has 1 heterocycles. The number of benzene rings is 1. The van der Waals surface area contributed by atoms with Gasteiger partial charge >= 0.3 is 5.97 Å². The van der Waals surface area contributed by atoms with Crippen LogP contribution < -0.4 is 5.32 Å². The lowest BCUT2D eigenvalue weighted by atomic mass is 10.2. The number of rotatable bonds is 6. The number of anilines is 1. The first kappa shape index (κ1) is 17.7. The van der Waals surface area contributed by atoms with E-state index >= 15 is 0 Å². The van der Waals surface area contributed by atoms with Crippen LogP contribution in [0, 0.1) is 0 Å². The molecule has 0 bridgehead atoms. The lowest BCUT2D eigenvalue weighted by Gasteiger charge is -2.08. The number of hydrogen-bond acceptors (Lipinski definition) is 7. The van der Waals surface area contributed by atoms with Gasteiger partial charge in [0.25, 0.3) is 0 Å². The van der Waals surface area contributed by atoms with Gasteiger partial charge in [-0.3, -0.25) is 14.9 Å². The van der Waals surface area contributed by atoms with Gasteiger partial charge in [0.05, 0.1) is 18.1 Å². The second kappa shape index (κ2) is 8.28. The summed E-state index contributed by atoms with van der Waals surface area (Å²) in [5.74, 6) is -0.481. The molecule has 23 heavy (non-hydrogen) atoms. The van der Waals surface area contributed by atoms with E-state index in [9.17, 15) is 9.59 Å². The fourth-order valence-electron chi connectivity index (χ4n) is 1.52. The summed E-state index contributed by atoms with van der Waals surface area (Å²) in [5, 5.41) is 12.0. The maximum absolute atomic E-state index is 12.0. The second-order valence-corrected chi connectivity index (χ2v) is 7.18. The number of hydrogen-bond donors (Lipinski definition) is 1. The van der Waals surface area contributed by atoms with Crippen molar-refractivity contribution in [1.29, 1.82) is 0 Å². The molecule has 0 aliphatic heterocycles. The number of carbonyl (C=O) groups excluding carboxylic acids is 2. The summed E-state index contributed by atoms with van der Waals surface area (Å²) < 4.78 is 4.54. The number of carbonyl (C=O) groups is 2. The van der Waals surface area contributed by atoms with Crippen molar-refractivity contribution in [3.63, 3.8) is 0 Å². The lowest BCUT2D eigenvalue weighted by molar-refractivity contribution is -0.137. The monoisotopic (exact) mass is 371 g/mol. The largest absolute Gasteiger partial charge is 0.468 e. The SMILES string of the molecule is COC(=O)CS[C@H](C)C(=O)Nc1nnc(-c2ccc(Cl)cc2)s1. The van der Waals surface area contributed by atoms with E-state index in [-0.39, 0.29) is 17.6 Å². The maximum Gasteiger partial charge on any atom is 0.315 e. The number of halogens is 1. The van der Waals surface area contributed by atoms with E-state index in [1.807, 2.05) is 12.1 Å². The Morgan fingerprint density at radius 1 is 1.35 bits per heavy atom. The van der Waals surface area contributed by atoms with Gasteiger partial charge in [-0.15, -0.1) is 22.0 Å². The zero-order valence-corrected chi connectivity index (χ0v) is 14.8. The number of methoxy groups -OCH3 is 1. The standard InChI is InChI=1S/C14H14ClN3O3S2/c1-8(22-7-11(19)21-2)12(20)16-14-18-17-13(23-14)9-3-5-10(15)6-4-9/h3-6,8H,7H2,1-2H3,(H,16,18,20)/t8-/m1/s1. The highest BCUT2D eigenvalue weighted by Crippen LogP contribution is 2.27. The highest BCUT2D eigenvalue weighted by molar-refractivity contribution is 8.01. The molecular formula is C14H14ClN3O3S2. The molecule has 0 saturated carbocycles. The fourth-order valence-corrected chi connectivity index (χ4v) is 3.11. The van der Waals surface area contributed by atoms with E-state index in [0.29, 0.717) is 15.2 Å². The van der Waals surface area contributed by atoms with Gasteiger partial charge < -0.3 is 4.74 Å². The number of nitrogens with zero attached hydrogens (tertiary/aromatic N) is 2. The Hall–Kier alpha value is -1.64. The third-order valence-electron chi connectivity index (χ3n) is 2.79. The van der Waals surface area contributed by atoms with Crippen molar-refractivity contribution in [3.05, 3.63) is 29.3 Å². The van der Waals surface area contributed by atoms with Crippen LogP contribution in [0.15, 0.2) is 24.3 Å². The molecule has 1 aromatic carbocycles. The molecule has 0 aliphatic carbocycles. The molecule has 2 aromatic rings. The van der Waals surface area contributed by atoms with Gasteiger partial charge in [0.2, 0.25) is 11.0 Å². The van der Waals surface area contributed by atoms with Crippen LogP contribution in [0.3, 0.4) is 0 Å². The van der Waals surface area contributed by atoms with Crippen LogP contribution in [0.25, 0.3) is 10.6 Å². The first-order valence-corrected chi connectivity index (χ1v) is 8.82. The highest BCUT2D eigenvalue weighted by Gasteiger charge is 2.17. The summed E-state index contributed by atoms with van der Waals surface area (Å²) in [6, 6.07) is 7.21. The molecule has 6 nitrogen and oxygen atoms in total. The molecule has 0 fully saturated rings. The summed E-state index contributed by atoms with van der Waals surface area (Å²) in [6.45, 7) is 1.71.